The molecule has 0 aliphatic rings. The minimum atomic E-state index is -1.22. The van der Waals surface area contributed by atoms with Crippen LogP contribution in [0.1, 0.15) is 19.3 Å². The summed E-state index contributed by atoms with van der Waals surface area (Å²) in [5.41, 5.74) is 5.21. The first-order valence-electron chi connectivity index (χ1n) is 3.99. The molecule has 0 saturated heterocycles. The number of carboxylic acids is 1. The average molecular weight is 190 g/mol. The number of rotatable bonds is 7. The highest BCUT2D eigenvalue weighted by molar-refractivity contribution is 5.75. The first-order chi connectivity index (χ1) is 6.13. The maximum absolute atomic E-state index is 10.5. The Balaban J connectivity index is 3.95. The van der Waals surface area contributed by atoms with Crippen molar-refractivity contribution in [3.05, 3.63) is 0 Å². The van der Waals surface area contributed by atoms with E-state index in [1.165, 1.54) is 0 Å². The molecule has 6 nitrogen and oxygen atoms in total. The van der Waals surface area contributed by atoms with E-state index in [-0.39, 0.29) is 17.9 Å². The summed E-state index contributed by atoms with van der Waals surface area (Å²) >= 11 is 0. The van der Waals surface area contributed by atoms with Crippen LogP contribution in [0, 0.1) is 0 Å². The highest BCUT2D eigenvalue weighted by Gasteiger charge is 2.22. The van der Waals surface area contributed by atoms with Crippen LogP contribution in [0.5, 0.6) is 0 Å². The Bertz CT molecular complexity index is 174. The number of nitrogens with zero attached hydrogens (tertiary/aromatic N) is 1. The molecule has 4 N–H and O–H groups in total. The van der Waals surface area contributed by atoms with Gasteiger partial charge in [0.05, 0.1) is 0 Å². The molecule has 6 heteroatoms. The molecule has 0 unspecified atom stereocenters. The van der Waals surface area contributed by atoms with E-state index in [0.717, 1.165) is 0 Å². The van der Waals surface area contributed by atoms with Gasteiger partial charge in [0, 0.05) is 0 Å². The lowest BCUT2D eigenvalue weighted by atomic mass is 10.1. The summed E-state index contributed by atoms with van der Waals surface area (Å²) in [4.78, 5) is 20.6. The van der Waals surface area contributed by atoms with Crippen molar-refractivity contribution in [2.75, 3.05) is 6.54 Å². The summed E-state index contributed by atoms with van der Waals surface area (Å²) in [6, 6.07) is -1.16. The topological polar surface area (TPSA) is 104 Å². The fourth-order valence-corrected chi connectivity index (χ4v) is 0.924. The number of aliphatic carboxylic acids is 1. The largest absolute Gasteiger partial charge is 0.480 e. The molecule has 0 rings (SSSR count). The Hall–Kier alpha value is -1.14. The minimum absolute atomic E-state index is 0.0846. The molecule has 76 valence electrons. The first kappa shape index (κ1) is 11.9. The van der Waals surface area contributed by atoms with Crippen LogP contribution in [0.25, 0.3) is 0 Å². The van der Waals surface area contributed by atoms with Gasteiger partial charge in [-0.05, 0) is 25.8 Å². The smallest absolute Gasteiger partial charge is 0.329 e. The molecule has 0 aliphatic carbocycles. The van der Waals surface area contributed by atoms with E-state index in [9.17, 15) is 9.59 Å². The average Bonchev–Trinajstić information content (AvgIpc) is 2.11. The van der Waals surface area contributed by atoms with Crippen LogP contribution in [0.3, 0.4) is 0 Å². The van der Waals surface area contributed by atoms with E-state index in [0.29, 0.717) is 19.4 Å². The third kappa shape index (κ3) is 4.44. The normalized spacial score (nSPS) is 12.2. The summed E-state index contributed by atoms with van der Waals surface area (Å²) in [6.07, 6.45) is 1.54. The number of hydrogen-bond donors (Lipinski definition) is 3. The van der Waals surface area contributed by atoms with Crippen molar-refractivity contribution in [2.24, 2.45) is 5.73 Å². The number of carboxylic acid groups (broad SMARTS) is 1. The zero-order valence-electron chi connectivity index (χ0n) is 7.22. The van der Waals surface area contributed by atoms with Crippen molar-refractivity contribution in [1.29, 1.82) is 0 Å². The van der Waals surface area contributed by atoms with Crippen molar-refractivity contribution in [3.63, 3.8) is 0 Å². The van der Waals surface area contributed by atoms with Crippen LogP contribution < -0.4 is 5.73 Å². The monoisotopic (exact) mass is 190 g/mol. The molecule has 1 amide bonds. The Morgan fingerprint density at radius 1 is 1.54 bits per heavy atom. The van der Waals surface area contributed by atoms with E-state index in [2.05, 4.69) is 0 Å². The molecule has 0 saturated carbocycles. The van der Waals surface area contributed by atoms with Crippen molar-refractivity contribution in [2.45, 2.75) is 25.3 Å². The zero-order chi connectivity index (χ0) is 10.3. The van der Waals surface area contributed by atoms with Gasteiger partial charge in [0.25, 0.3) is 0 Å². The SMILES string of the molecule is NCCCC[C@@H](C(=O)O)N(O)C=O. The molecule has 0 bridgehead atoms. The third-order valence-electron chi connectivity index (χ3n) is 1.64. The number of hydrogen-bond acceptors (Lipinski definition) is 4. The van der Waals surface area contributed by atoms with Gasteiger partial charge in [-0.25, -0.2) is 9.86 Å². The lowest BCUT2D eigenvalue weighted by molar-refractivity contribution is -0.176. The highest BCUT2D eigenvalue weighted by Crippen LogP contribution is 2.05. The minimum Gasteiger partial charge on any atom is -0.480 e. The van der Waals surface area contributed by atoms with E-state index in [1.807, 2.05) is 0 Å². The molecule has 0 heterocycles. The summed E-state index contributed by atoms with van der Waals surface area (Å²) < 4.78 is 0. The number of unbranched alkanes of at least 4 members (excludes halogenated alkanes) is 1. The van der Waals surface area contributed by atoms with Crippen molar-refractivity contribution in [1.82, 2.24) is 5.06 Å². The maximum Gasteiger partial charge on any atom is 0.329 e. The van der Waals surface area contributed by atoms with Gasteiger partial charge in [-0.15, -0.1) is 0 Å². The molecule has 0 spiro atoms. The van der Waals surface area contributed by atoms with Gasteiger partial charge in [-0.1, -0.05) is 0 Å². The molecule has 0 aliphatic heterocycles. The molecule has 13 heavy (non-hydrogen) atoms. The predicted molar refractivity (Wildman–Crippen MR) is 44.0 cm³/mol. The Morgan fingerprint density at radius 3 is 2.54 bits per heavy atom. The molecule has 0 radical (unpaired) electrons. The fourth-order valence-electron chi connectivity index (χ4n) is 0.924. The quantitative estimate of drug-likeness (QED) is 0.215. The molecule has 1 atom stereocenters. The number of carbonyl (C=O) groups is 2. The zero-order valence-corrected chi connectivity index (χ0v) is 7.22. The third-order valence-corrected chi connectivity index (χ3v) is 1.64. The van der Waals surface area contributed by atoms with E-state index < -0.39 is 12.0 Å². The van der Waals surface area contributed by atoms with Crippen LogP contribution in [-0.2, 0) is 9.59 Å². The number of hydroxylamine groups is 2. The van der Waals surface area contributed by atoms with Gasteiger partial charge in [0.2, 0.25) is 6.41 Å². The molecular formula is C7H14N2O4. The lowest BCUT2D eigenvalue weighted by Crippen LogP contribution is -2.38. The van der Waals surface area contributed by atoms with Gasteiger partial charge in [-0.2, -0.15) is 0 Å². The number of nitrogens with two attached hydrogens (primary N) is 1. The van der Waals surface area contributed by atoms with Crippen molar-refractivity contribution < 1.29 is 19.9 Å². The number of carbonyl (C=O) groups excluding carboxylic acids is 1. The van der Waals surface area contributed by atoms with Crippen LogP contribution in [0.4, 0.5) is 0 Å². The second-order valence-corrected chi connectivity index (χ2v) is 2.62. The van der Waals surface area contributed by atoms with Gasteiger partial charge in [-0.3, -0.25) is 10.0 Å². The molecular weight excluding hydrogens is 176 g/mol. The van der Waals surface area contributed by atoms with Crippen LogP contribution in [0.2, 0.25) is 0 Å². The highest BCUT2D eigenvalue weighted by atomic mass is 16.5. The number of amides is 1. The Kier molecular flexibility index (Phi) is 5.82. The lowest BCUT2D eigenvalue weighted by Gasteiger charge is -2.17. The van der Waals surface area contributed by atoms with Crippen molar-refractivity contribution in [3.8, 4) is 0 Å². The summed E-state index contributed by atoms with van der Waals surface area (Å²) in [6.45, 7) is 0.471. The standard InChI is InChI=1S/C7H14N2O4/c8-4-2-1-3-6(7(11)12)9(13)5-10/h5-6,13H,1-4,8H2,(H,11,12)/t6-/m0/s1. The van der Waals surface area contributed by atoms with Gasteiger partial charge >= 0.3 is 5.97 Å². The molecule has 0 fully saturated rings. The van der Waals surface area contributed by atoms with Crippen LogP contribution in [-0.4, -0.2) is 40.3 Å². The summed E-state index contributed by atoms with van der Waals surface area (Å²) in [7, 11) is 0. The maximum atomic E-state index is 10.5. The van der Waals surface area contributed by atoms with E-state index in [4.69, 9.17) is 16.0 Å². The van der Waals surface area contributed by atoms with E-state index >= 15 is 0 Å². The fraction of sp³-hybridized carbons (Fsp3) is 0.714. The first-order valence-corrected chi connectivity index (χ1v) is 3.99. The second-order valence-electron chi connectivity index (χ2n) is 2.62. The van der Waals surface area contributed by atoms with Crippen LogP contribution in [0.15, 0.2) is 0 Å². The van der Waals surface area contributed by atoms with Crippen molar-refractivity contribution >= 4 is 12.4 Å². The Morgan fingerprint density at radius 2 is 2.15 bits per heavy atom. The molecule has 0 aromatic carbocycles. The van der Waals surface area contributed by atoms with Gasteiger partial charge in [0.1, 0.15) is 0 Å². The molecule has 0 aromatic rings. The summed E-state index contributed by atoms with van der Waals surface area (Å²) in [5, 5.41) is 17.6. The summed E-state index contributed by atoms with van der Waals surface area (Å²) in [5.74, 6) is -1.22. The predicted octanol–water partition coefficient (Wildman–Crippen LogP) is -0.584. The van der Waals surface area contributed by atoms with Crippen LogP contribution >= 0.6 is 0 Å². The Labute approximate surface area is 75.9 Å². The van der Waals surface area contributed by atoms with Gasteiger partial charge < -0.3 is 10.8 Å². The van der Waals surface area contributed by atoms with E-state index in [1.54, 1.807) is 0 Å². The molecule has 0 aromatic heterocycles. The second kappa shape index (κ2) is 6.38. The van der Waals surface area contributed by atoms with Gasteiger partial charge in [0.15, 0.2) is 6.04 Å².